The molecule has 1 amide bonds. The molecule has 0 aromatic rings. The van der Waals surface area contributed by atoms with Crippen LogP contribution in [0.4, 0.5) is 13.6 Å². The highest BCUT2D eigenvalue weighted by atomic mass is 19.3. The lowest BCUT2D eigenvalue weighted by Crippen LogP contribution is -2.48. The van der Waals surface area contributed by atoms with Gasteiger partial charge >= 0.3 is 6.09 Å². The predicted molar refractivity (Wildman–Crippen MR) is 65.0 cm³/mol. The summed E-state index contributed by atoms with van der Waals surface area (Å²) >= 11 is 0. The second-order valence-corrected chi connectivity index (χ2v) is 6.86. The van der Waals surface area contributed by atoms with Crippen molar-refractivity contribution >= 4 is 6.09 Å². The molecule has 1 unspecified atom stereocenters. The zero-order chi connectivity index (χ0) is 14.5. The normalized spacial score (nSPS) is 28.3. The number of likely N-dealkylation sites (tertiary alicyclic amines) is 1. The fourth-order valence-corrected chi connectivity index (χ4v) is 3.16. The van der Waals surface area contributed by atoms with Crippen LogP contribution in [0.5, 0.6) is 0 Å². The molecule has 1 saturated heterocycles. The third-order valence-electron chi connectivity index (χ3n) is 3.72. The van der Waals surface area contributed by atoms with Gasteiger partial charge in [-0.1, -0.05) is 0 Å². The first-order chi connectivity index (χ1) is 8.56. The van der Waals surface area contributed by atoms with Gasteiger partial charge in [-0.2, -0.15) is 0 Å². The van der Waals surface area contributed by atoms with Crippen molar-refractivity contribution < 1.29 is 23.4 Å². The van der Waals surface area contributed by atoms with Crippen LogP contribution in [0.15, 0.2) is 0 Å². The van der Waals surface area contributed by atoms with E-state index in [2.05, 4.69) is 0 Å². The number of aliphatic hydroxyl groups excluding tert-OH is 1. The Bertz CT molecular complexity index is 371. The van der Waals surface area contributed by atoms with Crippen LogP contribution in [0.2, 0.25) is 0 Å². The number of amides is 1. The van der Waals surface area contributed by atoms with Crippen molar-refractivity contribution in [2.45, 2.75) is 57.6 Å². The molecule has 0 aromatic heterocycles. The van der Waals surface area contributed by atoms with E-state index in [1.165, 1.54) is 4.90 Å². The van der Waals surface area contributed by atoms with Crippen molar-refractivity contribution in [3.63, 3.8) is 0 Å². The van der Waals surface area contributed by atoms with Crippen molar-refractivity contribution in [1.82, 2.24) is 4.90 Å². The summed E-state index contributed by atoms with van der Waals surface area (Å²) in [7, 11) is 0. The number of carbonyl (C=O) groups is 1. The van der Waals surface area contributed by atoms with E-state index in [9.17, 15) is 18.7 Å². The number of hydrogen-bond acceptors (Lipinski definition) is 3. The van der Waals surface area contributed by atoms with Crippen LogP contribution in [0.1, 0.15) is 40.0 Å². The monoisotopic (exact) mass is 277 g/mol. The van der Waals surface area contributed by atoms with Crippen molar-refractivity contribution in [1.29, 1.82) is 0 Å². The lowest BCUT2D eigenvalue weighted by atomic mass is 9.65. The van der Waals surface area contributed by atoms with Crippen LogP contribution in [-0.4, -0.2) is 46.8 Å². The summed E-state index contributed by atoms with van der Waals surface area (Å²) < 4.78 is 31.4. The van der Waals surface area contributed by atoms with Crippen LogP contribution < -0.4 is 0 Å². The van der Waals surface area contributed by atoms with E-state index in [4.69, 9.17) is 4.74 Å². The fraction of sp³-hybridized carbons (Fsp3) is 0.923. The predicted octanol–water partition coefficient (Wildman–Crippen LogP) is 2.40. The summed E-state index contributed by atoms with van der Waals surface area (Å²) in [6, 6.07) is -0.411. The van der Waals surface area contributed by atoms with Gasteiger partial charge in [-0.3, -0.25) is 0 Å². The molecule has 2 rings (SSSR count). The van der Waals surface area contributed by atoms with Crippen molar-refractivity contribution in [3.8, 4) is 0 Å². The fourth-order valence-electron chi connectivity index (χ4n) is 3.16. The third-order valence-corrected chi connectivity index (χ3v) is 3.72. The zero-order valence-corrected chi connectivity index (χ0v) is 11.6. The number of halogens is 2. The van der Waals surface area contributed by atoms with E-state index in [0.29, 0.717) is 6.42 Å². The first kappa shape index (κ1) is 14.5. The van der Waals surface area contributed by atoms with Gasteiger partial charge in [0, 0.05) is 24.8 Å². The molecule has 4 nitrogen and oxygen atoms in total. The highest BCUT2D eigenvalue weighted by Crippen LogP contribution is 2.58. The Kier molecular flexibility index (Phi) is 3.28. The van der Waals surface area contributed by atoms with E-state index in [1.807, 2.05) is 0 Å². The van der Waals surface area contributed by atoms with E-state index >= 15 is 0 Å². The van der Waals surface area contributed by atoms with Gasteiger partial charge in [-0.25, -0.2) is 13.6 Å². The lowest BCUT2D eigenvalue weighted by molar-refractivity contribution is -0.155. The molecule has 1 aliphatic heterocycles. The summed E-state index contributed by atoms with van der Waals surface area (Å²) in [6.07, 6.45) is -0.497. The van der Waals surface area contributed by atoms with E-state index in [-0.39, 0.29) is 26.0 Å². The molecule has 2 aliphatic rings. The maximum atomic E-state index is 13.1. The van der Waals surface area contributed by atoms with Gasteiger partial charge in [0.05, 0.1) is 12.6 Å². The SMILES string of the molecule is CC(C)(C)OC(=O)N1CC2(CC1CO)CC(F)(F)C2. The minimum Gasteiger partial charge on any atom is -0.444 e. The van der Waals surface area contributed by atoms with Gasteiger partial charge in [0.25, 0.3) is 0 Å². The second-order valence-electron chi connectivity index (χ2n) is 6.86. The number of nitrogens with zero attached hydrogens (tertiary/aromatic N) is 1. The molecule has 0 aromatic carbocycles. The maximum absolute atomic E-state index is 13.1. The molecule has 0 radical (unpaired) electrons. The van der Waals surface area contributed by atoms with Gasteiger partial charge in [-0.15, -0.1) is 0 Å². The molecular formula is C13H21F2NO3. The number of aliphatic hydroxyl groups is 1. The smallest absolute Gasteiger partial charge is 0.410 e. The standard InChI is InChI=1S/C13H21F2NO3/c1-11(2,3)19-10(18)16-8-12(4-9(16)5-17)6-13(14,15)7-12/h9,17H,4-8H2,1-3H3. The minimum absolute atomic E-state index is 0.199. The molecule has 1 heterocycles. The topological polar surface area (TPSA) is 49.8 Å². The van der Waals surface area contributed by atoms with Crippen LogP contribution in [0.25, 0.3) is 0 Å². The maximum Gasteiger partial charge on any atom is 0.410 e. The summed E-state index contributed by atoms with van der Waals surface area (Å²) in [5.74, 6) is -2.62. The number of hydrogen-bond donors (Lipinski definition) is 1. The lowest BCUT2D eigenvalue weighted by Gasteiger charge is -2.44. The Morgan fingerprint density at radius 2 is 2.00 bits per heavy atom. The average molecular weight is 277 g/mol. The summed E-state index contributed by atoms with van der Waals surface area (Å²) in [4.78, 5) is 13.4. The zero-order valence-electron chi connectivity index (χ0n) is 11.6. The molecule has 19 heavy (non-hydrogen) atoms. The Morgan fingerprint density at radius 1 is 1.42 bits per heavy atom. The molecule has 1 N–H and O–H groups in total. The Labute approximate surface area is 111 Å². The molecule has 6 heteroatoms. The third kappa shape index (κ3) is 2.99. The minimum atomic E-state index is -2.62. The van der Waals surface area contributed by atoms with Gasteiger partial charge in [0.1, 0.15) is 5.60 Å². The molecule has 110 valence electrons. The molecule has 0 bridgehead atoms. The van der Waals surface area contributed by atoms with E-state index in [0.717, 1.165) is 0 Å². The molecule has 1 aliphatic carbocycles. The summed E-state index contributed by atoms with van der Waals surface area (Å²) in [6.45, 7) is 5.29. The van der Waals surface area contributed by atoms with Gasteiger partial charge in [-0.05, 0) is 27.2 Å². The van der Waals surface area contributed by atoms with E-state index < -0.39 is 29.1 Å². The Balaban J connectivity index is 2.03. The number of carbonyl (C=O) groups excluding carboxylic acids is 1. The van der Waals surface area contributed by atoms with Crippen molar-refractivity contribution in [2.24, 2.45) is 5.41 Å². The molecule has 1 spiro atoms. The van der Waals surface area contributed by atoms with Crippen LogP contribution in [-0.2, 0) is 4.74 Å². The largest absolute Gasteiger partial charge is 0.444 e. The Morgan fingerprint density at radius 3 is 2.42 bits per heavy atom. The molecule has 1 saturated carbocycles. The van der Waals surface area contributed by atoms with Crippen molar-refractivity contribution in [3.05, 3.63) is 0 Å². The Hall–Kier alpha value is -0.910. The number of alkyl halides is 2. The van der Waals surface area contributed by atoms with Gasteiger partial charge in [0.15, 0.2) is 0 Å². The number of ether oxygens (including phenoxy) is 1. The molecular weight excluding hydrogens is 256 g/mol. The van der Waals surface area contributed by atoms with Crippen molar-refractivity contribution in [2.75, 3.05) is 13.2 Å². The average Bonchev–Trinajstić information content (AvgIpc) is 2.52. The highest BCUT2D eigenvalue weighted by molar-refractivity contribution is 5.69. The summed E-state index contributed by atoms with van der Waals surface area (Å²) in [5, 5.41) is 9.33. The molecule has 2 fully saturated rings. The first-order valence-electron chi connectivity index (χ1n) is 6.54. The van der Waals surface area contributed by atoms with E-state index in [1.54, 1.807) is 20.8 Å². The highest BCUT2D eigenvalue weighted by Gasteiger charge is 2.61. The van der Waals surface area contributed by atoms with Crippen LogP contribution in [0.3, 0.4) is 0 Å². The van der Waals surface area contributed by atoms with Gasteiger partial charge in [0.2, 0.25) is 5.92 Å². The molecule has 1 atom stereocenters. The quantitative estimate of drug-likeness (QED) is 0.800. The first-order valence-corrected chi connectivity index (χ1v) is 6.54. The second kappa shape index (κ2) is 4.30. The number of rotatable bonds is 1. The summed E-state index contributed by atoms with van der Waals surface area (Å²) in [5.41, 5.74) is -1.16. The van der Waals surface area contributed by atoms with Gasteiger partial charge < -0.3 is 14.7 Å². The van der Waals surface area contributed by atoms with Crippen LogP contribution >= 0.6 is 0 Å². The van der Waals surface area contributed by atoms with Crippen LogP contribution in [0, 0.1) is 5.41 Å².